The molecule has 1 N–H and O–H groups in total. The van der Waals surface area contributed by atoms with Gasteiger partial charge in [0, 0.05) is 6.04 Å². The van der Waals surface area contributed by atoms with E-state index >= 15 is 0 Å². The molecule has 0 spiro atoms. The van der Waals surface area contributed by atoms with Crippen LogP contribution in [-0.2, 0) is 0 Å². The molecule has 0 heterocycles. The Balaban J connectivity index is 1.63. The van der Waals surface area contributed by atoms with Gasteiger partial charge in [0.05, 0.1) is 0 Å². The quantitative estimate of drug-likeness (QED) is 0.865. The molecule has 3 saturated carbocycles. The van der Waals surface area contributed by atoms with Gasteiger partial charge in [0.1, 0.15) is 0 Å². The summed E-state index contributed by atoms with van der Waals surface area (Å²) in [6.45, 7) is 4.47. The number of hydrogen-bond donors (Lipinski definition) is 1. The fraction of sp³-hybridized carbons (Fsp3) is 0.667. The number of aryl methyl sites for hydroxylation is 2. The van der Waals surface area contributed by atoms with E-state index in [1.54, 1.807) is 12.0 Å². The predicted molar refractivity (Wildman–Crippen MR) is 79.0 cm³/mol. The minimum Gasteiger partial charge on any atom is -0.313 e. The summed E-state index contributed by atoms with van der Waals surface area (Å²) in [5.74, 6) is 5.18. The molecule has 1 nitrogen and oxygen atoms in total. The Labute approximate surface area is 116 Å². The molecule has 0 amide bonds. The van der Waals surface area contributed by atoms with Crippen LogP contribution in [0.3, 0.4) is 0 Å². The first-order chi connectivity index (χ1) is 9.20. The summed E-state index contributed by atoms with van der Waals surface area (Å²) in [4.78, 5) is 0. The Hall–Kier alpha value is -0.820. The molecule has 3 aliphatic rings. The molecule has 0 radical (unpaired) electrons. The molecule has 0 aromatic heterocycles. The molecule has 5 unspecified atom stereocenters. The molecule has 2 bridgehead atoms. The first-order valence-corrected chi connectivity index (χ1v) is 7.95. The topological polar surface area (TPSA) is 12.0 Å². The third-order valence-electron chi connectivity index (χ3n) is 6.25. The minimum atomic E-state index is 0.596. The minimum absolute atomic E-state index is 0.596. The Bertz CT molecular complexity index is 490. The SMILES string of the molecule is CNC(c1ccc(C)cc1C)C1C2C3CCC(C3)C21. The van der Waals surface area contributed by atoms with Gasteiger partial charge in [-0.05, 0) is 80.9 Å². The molecular formula is C18H25N. The molecule has 1 aromatic rings. The summed E-state index contributed by atoms with van der Waals surface area (Å²) >= 11 is 0. The van der Waals surface area contributed by atoms with Gasteiger partial charge in [0.2, 0.25) is 0 Å². The van der Waals surface area contributed by atoms with Gasteiger partial charge in [-0.25, -0.2) is 0 Å². The van der Waals surface area contributed by atoms with E-state index in [1.165, 1.54) is 24.0 Å². The molecule has 1 heteroatoms. The van der Waals surface area contributed by atoms with E-state index in [0.717, 1.165) is 29.6 Å². The van der Waals surface area contributed by atoms with Crippen LogP contribution in [0.1, 0.15) is 42.0 Å². The summed E-state index contributed by atoms with van der Waals surface area (Å²) in [5, 5.41) is 3.64. The first kappa shape index (κ1) is 12.0. The van der Waals surface area contributed by atoms with Crippen molar-refractivity contribution >= 4 is 0 Å². The number of fused-ring (bicyclic) bond motifs is 5. The molecular weight excluding hydrogens is 230 g/mol. The average molecular weight is 255 g/mol. The van der Waals surface area contributed by atoms with Crippen molar-refractivity contribution < 1.29 is 0 Å². The summed E-state index contributed by atoms with van der Waals surface area (Å²) in [5.41, 5.74) is 4.40. The lowest BCUT2D eigenvalue weighted by molar-refractivity contribution is 0.384. The Morgan fingerprint density at radius 2 is 1.79 bits per heavy atom. The van der Waals surface area contributed by atoms with Crippen LogP contribution in [0.2, 0.25) is 0 Å². The van der Waals surface area contributed by atoms with E-state index in [1.807, 2.05) is 0 Å². The van der Waals surface area contributed by atoms with Gasteiger partial charge in [0.25, 0.3) is 0 Å². The van der Waals surface area contributed by atoms with Crippen molar-refractivity contribution in [1.82, 2.24) is 5.32 Å². The van der Waals surface area contributed by atoms with Crippen LogP contribution >= 0.6 is 0 Å². The summed E-state index contributed by atoms with van der Waals surface area (Å²) in [6.07, 6.45) is 4.59. The van der Waals surface area contributed by atoms with Crippen LogP contribution in [0.15, 0.2) is 18.2 Å². The third kappa shape index (κ3) is 1.64. The Morgan fingerprint density at radius 3 is 2.37 bits per heavy atom. The lowest BCUT2D eigenvalue weighted by Gasteiger charge is -2.22. The van der Waals surface area contributed by atoms with Crippen LogP contribution < -0.4 is 5.32 Å². The Morgan fingerprint density at radius 1 is 1.11 bits per heavy atom. The van der Waals surface area contributed by atoms with Crippen molar-refractivity contribution in [3.63, 3.8) is 0 Å². The van der Waals surface area contributed by atoms with Crippen molar-refractivity contribution in [3.05, 3.63) is 34.9 Å². The molecule has 19 heavy (non-hydrogen) atoms. The first-order valence-electron chi connectivity index (χ1n) is 7.95. The maximum Gasteiger partial charge on any atom is 0.0354 e. The molecule has 0 aliphatic heterocycles. The molecule has 3 aliphatic carbocycles. The monoisotopic (exact) mass is 255 g/mol. The molecule has 1 aromatic carbocycles. The van der Waals surface area contributed by atoms with Crippen molar-refractivity contribution in [2.24, 2.45) is 29.6 Å². The summed E-state index contributed by atoms with van der Waals surface area (Å²) < 4.78 is 0. The van der Waals surface area contributed by atoms with Crippen molar-refractivity contribution in [2.75, 3.05) is 7.05 Å². The predicted octanol–water partition coefficient (Wildman–Crippen LogP) is 3.86. The number of nitrogens with one attached hydrogen (secondary N) is 1. The fourth-order valence-electron chi connectivity index (χ4n) is 5.57. The zero-order valence-corrected chi connectivity index (χ0v) is 12.3. The molecule has 4 rings (SSSR count). The summed E-state index contributed by atoms with van der Waals surface area (Å²) in [7, 11) is 2.15. The van der Waals surface area contributed by atoms with E-state index in [-0.39, 0.29) is 0 Å². The van der Waals surface area contributed by atoms with Crippen LogP contribution in [0.5, 0.6) is 0 Å². The second-order valence-corrected chi connectivity index (χ2v) is 7.19. The molecule has 102 valence electrons. The van der Waals surface area contributed by atoms with Gasteiger partial charge in [-0.3, -0.25) is 0 Å². The van der Waals surface area contributed by atoms with Crippen LogP contribution in [0.4, 0.5) is 0 Å². The second-order valence-electron chi connectivity index (χ2n) is 7.19. The fourth-order valence-corrected chi connectivity index (χ4v) is 5.57. The zero-order chi connectivity index (χ0) is 13.1. The third-order valence-corrected chi connectivity index (χ3v) is 6.25. The van der Waals surface area contributed by atoms with Crippen LogP contribution in [0.25, 0.3) is 0 Å². The molecule has 5 atom stereocenters. The largest absolute Gasteiger partial charge is 0.313 e. The van der Waals surface area contributed by atoms with E-state index in [9.17, 15) is 0 Å². The van der Waals surface area contributed by atoms with E-state index < -0.39 is 0 Å². The van der Waals surface area contributed by atoms with Gasteiger partial charge in [0.15, 0.2) is 0 Å². The second kappa shape index (κ2) is 4.09. The van der Waals surface area contributed by atoms with Gasteiger partial charge < -0.3 is 5.32 Å². The van der Waals surface area contributed by atoms with Gasteiger partial charge >= 0.3 is 0 Å². The molecule has 0 saturated heterocycles. The highest BCUT2D eigenvalue weighted by atomic mass is 14.9. The highest BCUT2D eigenvalue weighted by molar-refractivity contribution is 5.35. The van der Waals surface area contributed by atoms with Crippen molar-refractivity contribution in [2.45, 2.75) is 39.2 Å². The maximum absolute atomic E-state index is 3.64. The van der Waals surface area contributed by atoms with E-state index in [2.05, 4.69) is 44.4 Å². The lowest BCUT2D eigenvalue weighted by atomic mass is 9.90. The van der Waals surface area contributed by atoms with Gasteiger partial charge in [-0.2, -0.15) is 0 Å². The average Bonchev–Trinajstić information content (AvgIpc) is 2.80. The standard InChI is InChI=1S/C18H25N/c1-10-4-7-14(11(2)8-10)18(19-3)17-15-12-5-6-13(9-12)16(15)17/h4,7-8,12-13,15-19H,5-6,9H2,1-3H3. The van der Waals surface area contributed by atoms with Crippen LogP contribution in [-0.4, -0.2) is 7.05 Å². The smallest absolute Gasteiger partial charge is 0.0354 e. The van der Waals surface area contributed by atoms with Crippen LogP contribution in [0, 0.1) is 43.4 Å². The van der Waals surface area contributed by atoms with Crippen molar-refractivity contribution in [1.29, 1.82) is 0 Å². The highest BCUT2D eigenvalue weighted by Gasteiger charge is 2.66. The Kier molecular flexibility index (Phi) is 2.57. The van der Waals surface area contributed by atoms with Gasteiger partial charge in [-0.15, -0.1) is 0 Å². The van der Waals surface area contributed by atoms with E-state index in [0.29, 0.717) is 6.04 Å². The summed E-state index contributed by atoms with van der Waals surface area (Å²) in [6, 6.07) is 7.58. The zero-order valence-electron chi connectivity index (χ0n) is 12.3. The maximum atomic E-state index is 3.64. The van der Waals surface area contributed by atoms with Crippen molar-refractivity contribution in [3.8, 4) is 0 Å². The van der Waals surface area contributed by atoms with Gasteiger partial charge in [-0.1, -0.05) is 23.8 Å². The normalized spacial score (nSPS) is 40.3. The number of rotatable bonds is 3. The highest BCUT2D eigenvalue weighted by Crippen LogP contribution is 2.72. The van der Waals surface area contributed by atoms with E-state index in [4.69, 9.17) is 0 Å². The lowest BCUT2D eigenvalue weighted by Crippen LogP contribution is -2.22. The number of hydrogen-bond acceptors (Lipinski definition) is 1. The molecule has 3 fully saturated rings. The number of benzene rings is 1.